The Morgan fingerprint density at radius 3 is 1.64 bits per heavy atom. The van der Waals surface area contributed by atoms with Crippen molar-refractivity contribution < 1.29 is 31.4 Å². The second-order valence-electron chi connectivity index (χ2n) is 22.8. The summed E-state index contributed by atoms with van der Waals surface area (Å²) in [6, 6.07) is 22.8. The maximum absolute atomic E-state index is 16.7. The van der Waals surface area contributed by atoms with Crippen LogP contribution in [0.15, 0.2) is 103 Å². The van der Waals surface area contributed by atoms with Crippen LogP contribution in [0, 0.1) is 29.6 Å². The molecular formula is C64H96N6O6S4. The van der Waals surface area contributed by atoms with E-state index in [4.69, 9.17) is 47.4 Å². The van der Waals surface area contributed by atoms with Crippen molar-refractivity contribution in [1.29, 1.82) is 0 Å². The van der Waals surface area contributed by atoms with Crippen LogP contribution in [0.1, 0.15) is 138 Å². The summed E-state index contributed by atoms with van der Waals surface area (Å²) >= 11 is 20.3. The molecule has 0 fully saturated rings. The van der Waals surface area contributed by atoms with Gasteiger partial charge < -0.3 is 29.9 Å². The lowest BCUT2D eigenvalue weighted by atomic mass is 9.76. The quantitative estimate of drug-likeness (QED) is 0.0242. The summed E-state index contributed by atoms with van der Waals surface area (Å²) < 4.78 is 33.9. The Balaban J connectivity index is 2.07. The Morgan fingerprint density at radius 1 is 0.625 bits per heavy atom. The van der Waals surface area contributed by atoms with Gasteiger partial charge in [0.1, 0.15) is 12.4 Å². The standard InChI is InChI=1S/C64H96N6O6S4/c1-41(2)34-52(65-9)63(73)69(11)54(36-43(5)24-26-45(7)77)59(71)57(48-20-14-13-15-21-48)62(80)61(76-40-50-23-17-19-33-68-50)58(56(79)38-47-28-30-51(31-29-47)75-39-49-22-16-18-32-67-49)60(72)55(37-44(6)25-27-46(8)78)70(12)64(74)53(66-10)35-42(3)4/h13-23,28-33,41-46,52-58,61-62,65-66,77-80H,24-27,34-40H2,1-12H3/t43?,44?,45?,46?,52-,53-,54-,55-,56?,57?,58?,61?,62?/m0/s1/i36D,54D/t36?,43?,44?,45?,46?,52-,53-,54-,55-,56?,57?,58?,61?,62?. The van der Waals surface area contributed by atoms with E-state index in [0.717, 1.165) is 29.0 Å². The fourth-order valence-corrected chi connectivity index (χ4v) is 11.6. The molecule has 2 N–H and O–H groups in total. The number of hydrogen-bond acceptors (Lipinski definition) is 14. The lowest BCUT2D eigenvalue weighted by Gasteiger charge is -2.42. The Hall–Kier alpha value is -3.90. The lowest BCUT2D eigenvalue weighted by Crippen LogP contribution is -2.57. The fraction of sp³-hybridized carbons (Fsp3) is 0.594. The number of carbonyl (C=O) groups excluding carboxylic acids is 4. The summed E-state index contributed by atoms with van der Waals surface area (Å²) in [7, 11) is 6.58. The first-order valence-electron chi connectivity index (χ1n) is 29.7. The highest BCUT2D eigenvalue weighted by atomic mass is 32.1. The highest BCUT2D eigenvalue weighted by molar-refractivity contribution is 7.81. The Labute approximate surface area is 505 Å². The van der Waals surface area contributed by atoms with Crippen molar-refractivity contribution in [2.24, 2.45) is 29.6 Å². The first kappa shape index (κ1) is 65.3. The van der Waals surface area contributed by atoms with Gasteiger partial charge in [0.15, 0.2) is 11.6 Å². The SMILES string of the molecule is [2H]C(C(C)CCC(C)S)[C@@]([2H])(C(=O)C(c1ccccc1)C(S)C(OCc1ccccn1)C(C(=O)[C@H](CC(C)CCC(C)S)N(C)C(=O)[C@H](CC(C)C)NC)C(S)Cc1ccc(OCc2ccccn2)cc1)N(C)C(=O)[C@H](CC(C)C)NC. The number of nitrogens with one attached hydrogen (secondary N) is 2. The average molecular weight is 1180 g/mol. The van der Waals surface area contributed by atoms with Gasteiger partial charge >= 0.3 is 0 Å². The summed E-state index contributed by atoms with van der Waals surface area (Å²) in [5, 5.41) is 4.38. The van der Waals surface area contributed by atoms with E-state index in [1.807, 2.05) is 95.3 Å². The maximum atomic E-state index is 16.7. The number of benzene rings is 2. The molecule has 0 spiro atoms. The molecule has 0 saturated carbocycles. The maximum Gasteiger partial charge on any atom is 0.240 e. The molecule has 2 aromatic heterocycles. The van der Waals surface area contributed by atoms with Crippen molar-refractivity contribution in [3.63, 3.8) is 0 Å². The van der Waals surface area contributed by atoms with Crippen molar-refractivity contribution in [2.45, 2.75) is 184 Å². The number of Topliss-reactive ketones (excluding diaryl/α,β-unsaturated/α-hetero) is 2. The topological polar surface area (TPSA) is 143 Å². The molecule has 80 heavy (non-hydrogen) atoms. The molecule has 0 bridgehead atoms. The second-order valence-corrected chi connectivity index (χ2v) is 25.8. The fourth-order valence-electron chi connectivity index (χ4n) is 10.2. The van der Waals surface area contributed by atoms with Crippen LogP contribution in [0.3, 0.4) is 0 Å². The van der Waals surface area contributed by atoms with Crippen LogP contribution in [-0.2, 0) is 43.5 Å². The molecule has 12 nitrogen and oxygen atoms in total. The summed E-state index contributed by atoms with van der Waals surface area (Å²) in [4.78, 5) is 74.7. The Kier molecular flexibility index (Phi) is 28.8. The van der Waals surface area contributed by atoms with Crippen molar-refractivity contribution in [1.82, 2.24) is 30.4 Å². The molecule has 14 atom stereocenters. The third-order valence-corrected chi connectivity index (χ3v) is 16.4. The summed E-state index contributed by atoms with van der Waals surface area (Å²) in [5.41, 5.74) is 2.61. The molecule has 2 heterocycles. The van der Waals surface area contributed by atoms with Gasteiger partial charge in [-0.1, -0.05) is 110 Å². The predicted octanol–water partition coefficient (Wildman–Crippen LogP) is 11.5. The molecule has 0 aliphatic carbocycles. The number of pyridine rings is 2. The molecule has 0 aliphatic heterocycles. The smallest absolute Gasteiger partial charge is 0.240 e. The van der Waals surface area contributed by atoms with Crippen molar-refractivity contribution in [3.05, 3.63) is 126 Å². The number of rotatable bonds is 37. The molecule has 4 aromatic rings. The molecule has 442 valence electrons. The Bertz CT molecular complexity index is 2530. The van der Waals surface area contributed by atoms with Gasteiger partial charge in [-0.25, -0.2) is 0 Å². The van der Waals surface area contributed by atoms with Crippen LogP contribution < -0.4 is 15.4 Å². The van der Waals surface area contributed by atoms with E-state index in [-0.39, 0.29) is 59.6 Å². The van der Waals surface area contributed by atoms with Crippen molar-refractivity contribution in [3.8, 4) is 5.75 Å². The summed E-state index contributed by atoms with van der Waals surface area (Å²) in [5.74, 6) is -4.07. The number of ether oxygens (including phenoxy) is 2. The highest BCUT2D eigenvalue weighted by Crippen LogP contribution is 2.39. The van der Waals surface area contributed by atoms with Crippen LogP contribution in [-0.4, -0.2) is 123 Å². The molecule has 10 unspecified atom stereocenters. The number of amides is 2. The van der Waals surface area contributed by atoms with Gasteiger partial charge in [-0.2, -0.15) is 50.5 Å². The number of nitrogens with zero attached hydrogens (tertiary/aromatic N) is 4. The van der Waals surface area contributed by atoms with Gasteiger partial charge in [0.2, 0.25) is 11.8 Å². The van der Waals surface area contributed by atoms with Crippen LogP contribution in [0.4, 0.5) is 0 Å². The lowest BCUT2D eigenvalue weighted by molar-refractivity contribution is -0.145. The van der Waals surface area contributed by atoms with Gasteiger partial charge in [-0.15, -0.1) is 0 Å². The van der Waals surface area contributed by atoms with Gasteiger partial charge in [0, 0.05) is 38.4 Å². The number of aromatic nitrogens is 2. The third-order valence-electron chi connectivity index (χ3n) is 14.8. The van der Waals surface area contributed by atoms with Gasteiger partial charge in [-0.3, -0.25) is 29.1 Å². The summed E-state index contributed by atoms with van der Waals surface area (Å²) in [6.45, 7) is 16.2. The first-order chi connectivity index (χ1) is 38.8. The normalized spacial score (nSPS) is 17.9. The van der Waals surface area contributed by atoms with Gasteiger partial charge in [0.25, 0.3) is 0 Å². The minimum atomic E-state index is -2.50. The zero-order chi connectivity index (χ0) is 60.8. The molecule has 2 amide bonds. The molecule has 0 aliphatic rings. The van der Waals surface area contributed by atoms with Crippen LogP contribution >= 0.6 is 50.5 Å². The Morgan fingerprint density at radius 2 is 1.14 bits per heavy atom. The number of carbonyl (C=O) groups is 4. The zero-order valence-corrected chi connectivity index (χ0v) is 53.2. The van der Waals surface area contributed by atoms with E-state index in [1.165, 1.54) is 7.05 Å². The predicted molar refractivity (Wildman–Crippen MR) is 340 cm³/mol. The molecule has 16 heteroatoms. The molecular weight excluding hydrogens is 1080 g/mol. The number of likely N-dealkylation sites (N-methyl/N-ethyl adjacent to an activating group) is 4. The van der Waals surface area contributed by atoms with Gasteiger partial charge in [0.05, 0.1) is 61.4 Å². The number of thiol groups is 4. The second kappa shape index (κ2) is 35.3. The van der Waals surface area contributed by atoms with E-state index in [2.05, 4.69) is 54.0 Å². The van der Waals surface area contributed by atoms with Crippen molar-refractivity contribution >= 4 is 73.9 Å². The van der Waals surface area contributed by atoms with Gasteiger partial charge in [-0.05, 0) is 154 Å². The van der Waals surface area contributed by atoms with Crippen LogP contribution in [0.2, 0.25) is 0 Å². The van der Waals surface area contributed by atoms with E-state index in [0.29, 0.717) is 49.1 Å². The van der Waals surface area contributed by atoms with E-state index in [9.17, 15) is 12.3 Å². The molecule has 2 aromatic carbocycles. The average Bonchev–Trinajstić information content (AvgIpc) is 3.66. The van der Waals surface area contributed by atoms with Crippen LogP contribution in [0.5, 0.6) is 5.75 Å². The van der Waals surface area contributed by atoms with E-state index >= 15 is 9.59 Å². The highest BCUT2D eigenvalue weighted by Gasteiger charge is 2.48. The zero-order valence-electron chi connectivity index (χ0n) is 51.6. The molecule has 4 rings (SSSR count). The first-order valence-corrected chi connectivity index (χ1v) is 30.7. The minimum absolute atomic E-state index is 0.0143. The molecule has 0 radical (unpaired) electrons. The summed E-state index contributed by atoms with van der Waals surface area (Å²) in [6.07, 6.45) is 4.74. The van der Waals surface area contributed by atoms with E-state index in [1.54, 1.807) is 68.8 Å². The monoisotopic (exact) mass is 1170 g/mol. The van der Waals surface area contributed by atoms with Crippen LogP contribution in [0.25, 0.3) is 0 Å². The number of ketones is 2. The third kappa shape index (κ3) is 22.0. The minimum Gasteiger partial charge on any atom is -0.487 e. The van der Waals surface area contributed by atoms with E-state index < -0.39 is 76.6 Å². The number of hydrogen-bond donors (Lipinski definition) is 6. The largest absolute Gasteiger partial charge is 0.487 e. The molecule has 0 saturated heterocycles. The van der Waals surface area contributed by atoms with Crippen molar-refractivity contribution in [2.75, 3.05) is 28.2 Å².